The second-order valence-electron chi connectivity index (χ2n) is 17.2. The van der Waals surface area contributed by atoms with Gasteiger partial charge in [0.25, 0.3) is 0 Å². The molecular weight excluding hydrogens is 809 g/mol. The Balaban J connectivity index is 1.09. The zero-order valence-electron chi connectivity index (χ0n) is 36.7. The normalized spacial score (nSPS) is 21.3. The Labute approximate surface area is 365 Å². The van der Waals surface area contributed by atoms with Gasteiger partial charge in [-0.2, -0.15) is 0 Å². The van der Waals surface area contributed by atoms with Crippen LogP contribution in [0.25, 0.3) is 38.6 Å². The van der Waals surface area contributed by atoms with E-state index in [1.54, 1.807) is 30.0 Å². The zero-order valence-corrected chi connectivity index (χ0v) is 36.7. The van der Waals surface area contributed by atoms with Crippen LogP contribution in [0.15, 0.2) is 54.9 Å². The molecule has 8 rings (SSSR count). The van der Waals surface area contributed by atoms with E-state index in [1.165, 1.54) is 14.2 Å². The summed E-state index contributed by atoms with van der Waals surface area (Å²) in [6.45, 7) is 9.38. The number of imidazole rings is 2. The van der Waals surface area contributed by atoms with Crippen molar-refractivity contribution < 1.29 is 43.2 Å². The number of aromatic nitrogens is 4. The number of likely N-dealkylation sites (tertiary alicyclic amines) is 2. The third-order valence-corrected chi connectivity index (χ3v) is 13.1. The molecule has 0 unspecified atom stereocenters. The Morgan fingerprint density at radius 2 is 1.73 bits per heavy atom. The SMILES string of the molecule is CC[C@@H](C)[C@H](NC(=O)O)C(=O)N1C[C@@H](C)C[C@H]1c1nccn1-c1ccc2c(c1)COc1cc3c(ccc4[nH]c([C@@H]5C[C@H](COC)CN5C(=O)[C@@H](NC(=O)OC)[C@H](C)OC)nc43)cc1-2. The van der Waals surface area contributed by atoms with Gasteiger partial charge < -0.3 is 54.0 Å². The third kappa shape index (κ3) is 8.26. The molecule has 17 nitrogen and oxygen atoms in total. The number of hydrogen-bond donors (Lipinski definition) is 4. The van der Waals surface area contributed by atoms with Gasteiger partial charge in [-0.05, 0) is 78.4 Å². The summed E-state index contributed by atoms with van der Waals surface area (Å²) in [6, 6.07) is 11.9. The molecule has 0 bridgehead atoms. The number of carbonyl (C=O) groups excluding carboxylic acids is 3. The number of benzene rings is 3. The van der Waals surface area contributed by atoms with E-state index in [-0.39, 0.29) is 35.6 Å². The Kier molecular flexibility index (Phi) is 12.3. The first-order valence-corrected chi connectivity index (χ1v) is 21.6. The maximum absolute atomic E-state index is 14.2. The molecule has 5 aromatic rings. The minimum atomic E-state index is -1.22. The number of methoxy groups -OCH3 is 3. The van der Waals surface area contributed by atoms with E-state index in [0.717, 1.165) is 55.8 Å². The molecule has 0 saturated carbocycles. The van der Waals surface area contributed by atoms with Gasteiger partial charge in [0, 0.05) is 62.3 Å². The topological polar surface area (TPSA) is 202 Å². The minimum Gasteiger partial charge on any atom is -0.488 e. The average Bonchev–Trinajstić information content (AvgIpc) is 4.11. The van der Waals surface area contributed by atoms with Gasteiger partial charge in [-0.15, -0.1) is 0 Å². The lowest BCUT2D eigenvalue weighted by atomic mass is 9.93. The number of amides is 4. The first-order valence-electron chi connectivity index (χ1n) is 21.6. The third-order valence-electron chi connectivity index (χ3n) is 13.1. The van der Waals surface area contributed by atoms with Crippen molar-refractivity contribution in [3.8, 4) is 22.6 Å². The lowest BCUT2D eigenvalue weighted by molar-refractivity contribution is -0.138. The molecule has 0 aliphatic carbocycles. The number of nitrogens with zero attached hydrogens (tertiary/aromatic N) is 5. The Hall–Kier alpha value is -6.20. The summed E-state index contributed by atoms with van der Waals surface area (Å²) >= 11 is 0. The van der Waals surface area contributed by atoms with E-state index in [2.05, 4.69) is 52.9 Å². The van der Waals surface area contributed by atoms with Crippen molar-refractivity contribution in [2.24, 2.45) is 17.8 Å². The molecule has 0 radical (unpaired) electrons. The van der Waals surface area contributed by atoms with Gasteiger partial charge in [0.05, 0.1) is 42.9 Å². The van der Waals surface area contributed by atoms with Crippen molar-refractivity contribution in [3.63, 3.8) is 0 Å². The summed E-state index contributed by atoms with van der Waals surface area (Å²) in [5.74, 6) is 1.63. The van der Waals surface area contributed by atoms with Crippen molar-refractivity contribution in [2.75, 3.05) is 41.0 Å². The number of rotatable bonds is 13. The number of carbonyl (C=O) groups is 4. The molecule has 3 aliphatic heterocycles. The fourth-order valence-corrected chi connectivity index (χ4v) is 9.57. The van der Waals surface area contributed by atoms with Crippen molar-refractivity contribution in [2.45, 2.75) is 83.8 Å². The second-order valence-corrected chi connectivity index (χ2v) is 17.2. The van der Waals surface area contributed by atoms with Gasteiger partial charge >= 0.3 is 12.2 Å². The van der Waals surface area contributed by atoms with E-state index in [9.17, 15) is 24.3 Å². The number of carboxylic acid groups (broad SMARTS) is 1. The van der Waals surface area contributed by atoms with Crippen molar-refractivity contribution in [1.82, 2.24) is 40.0 Å². The minimum absolute atomic E-state index is 0.0485. The van der Waals surface area contributed by atoms with E-state index < -0.39 is 36.4 Å². The molecule has 4 amide bonds. The zero-order chi connectivity index (χ0) is 44.7. The molecule has 2 saturated heterocycles. The monoisotopic (exact) mass is 864 g/mol. The highest BCUT2D eigenvalue weighted by molar-refractivity contribution is 6.07. The van der Waals surface area contributed by atoms with Crippen LogP contribution in [0.1, 0.15) is 76.3 Å². The second kappa shape index (κ2) is 17.9. The summed E-state index contributed by atoms with van der Waals surface area (Å²) in [7, 11) is 4.38. The maximum atomic E-state index is 14.2. The van der Waals surface area contributed by atoms with Crippen LogP contribution in [0.3, 0.4) is 0 Å². The lowest BCUT2D eigenvalue weighted by Crippen LogP contribution is -2.54. The first-order chi connectivity index (χ1) is 30.3. The lowest BCUT2D eigenvalue weighted by Gasteiger charge is -2.31. The van der Waals surface area contributed by atoms with Gasteiger partial charge in [-0.25, -0.2) is 19.6 Å². The average molecular weight is 865 g/mol. The van der Waals surface area contributed by atoms with Gasteiger partial charge in [0.2, 0.25) is 11.8 Å². The fourth-order valence-electron chi connectivity index (χ4n) is 9.57. The van der Waals surface area contributed by atoms with Crippen LogP contribution in [-0.4, -0.2) is 118 Å². The number of nitrogens with one attached hydrogen (secondary N) is 3. The highest BCUT2D eigenvalue weighted by Crippen LogP contribution is 2.44. The van der Waals surface area contributed by atoms with Crippen LogP contribution in [0.2, 0.25) is 0 Å². The van der Waals surface area contributed by atoms with Crippen molar-refractivity contribution >= 4 is 45.8 Å². The molecular formula is C46H56N8O9. The molecule has 3 aromatic carbocycles. The highest BCUT2D eigenvalue weighted by atomic mass is 16.5. The Bertz CT molecular complexity index is 2540. The maximum Gasteiger partial charge on any atom is 0.407 e. The molecule has 3 aliphatic rings. The first kappa shape index (κ1) is 43.4. The number of ether oxygens (including phenoxy) is 4. The summed E-state index contributed by atoms with van der Waals surface area (Å²) in [4.78, 5) is 69.0. The molecule has 5 heterocycles. The van der Waals surface area contributed by atoms with E-state index in [1.807, 2.05) is 36.7 Å². The molecule has 0 spiro atoms. The summed E-state index contributed by atoms with van der Waals surface area (Å²) in [6.07, 6.45) is 3.04. The van der Waals surface area contributed by atoms with Crippen LogP contribution in [0.4, 0.5) is 9.59 Å². The van der Waals surface area contributed by atoms with Gasteiger partial charge in [-0.3, -0.25) is 9.59 Å². The van der Waals surface area contributed by atoms with E-state index in [0.29, 0.717) is 51.4 Å². The number of alkyl carbamates (subject to hydrolysis) is 1. The van der Waals surface area contributed by atoms with E-state index in [4.69, 9.17) is 28.9 Å². The van der Waals surface area contributed by atoms with Crippen LogP contribution in [0, 0.1) is 17.8 Å². The van der Waals surface area contributed by atoms with Crippen molar-refractivity contribution in [1.29, 1.82) is 0 Å². The van der Waals surface area contributed by atoms with Gasteiger partial charge in [0.15, 0.2) is 0 Å². The number of hydrogen-bond acceptors (Lipinski definition) is 10. The van der Waals surface area contributed by atoms with Crippen molar-refractivity contribution in [3.05, 3.63) is 72.1 Å². The van der Waals surface area contributed by atoms with Gasteiger partial charge in [-0.1, -0.05) is 39.3 Å². The highest BCUT2D eigenvalue weighted by Gasteiger charge is 2.43. The number of fused-ring (bicyclic) bond motifs is 6. The molecule has 63 heavy (non-hydrogen) atoms. The largest absolute Gasteiger partial charge is 0.488 e. The van der Waals surface area contributed by atoms with Gasteiger partial charge in [0.1, 0.15) is 36.1 Å². The Morgan fingerprint density at radius 3 is 2.46 bits per heavy atom. The molecule has 17 heteroatoms. The molecule has 2 fully saturated rings. The van der Waals surface area contributed by atoms with Crippen LogP contribution >= 0.6 is 0 Å². The standard InChI is InChI=1S/C46H56N8O9/c1-8-25(3)38(50-45(57)58)43(55)53-20-24(2)15-36(53)42-47-13-14-52(42)30-10-11-31-29(17-30)23-63-37-19-32-28(18-33(31)37)9-12-34-40(32)49-41(48-34)35-16-27(22-60-5)21-54(35)44(56)39(26(4)61-6)51-46(59)62-7/h9-14,17-19,24-27,35-36,38-39,50H,8,15-16,20-23H2,1-7H3,(H,48,49)(H,51,59)(H,57,58)/t24-,25+,26-,27-,35-,36-,38-,39-/m0/s1. The number of aromatic amines is 1. The van der Waals surface area contributed by atoms with E-state index >= 15 is 0 Å². The number of H-pyrrole nitrogens is 1. The summed E-state index contributed by atoms with van der Waals surface area (Å²) < 4.78 is 24.3. The van der Waals surface area contributed by atoms with Crippen LogP contribution < -0.4 is 15.4 Å². The predicted octanol–water partition coefficient (Wildman–Crippen LogP) is 6.35. The molecule has 334 valence electrons. The van der Waals surface area contributed by atoms with Crippen LogP contribution in [0.5, 0.6) is 5.75 Å². The summed E-state index contributed by atoms with van der Waals surface area (Å²) in [5, 5.41) is 16.6. The molecule has 2 aromatic heterocycles. The molecule has 4 N–H and O–H groups in total. The quantitative estimate of drug-likeness (QED) is 0.103. The summed E-state index contributed by atoms with van der Waals surface area (Å²) in [5.41, 5.74) is 5.44. The molecule has 8 atom stereocenters. The predicted molar refractivity (Wildman–Crippen MR) is 233 cm³/mol. The van der Waals surface area contributed by atoms with Crippen LogP contribution in [-0.2, 0) is 30.4 Å². The fraction of sp³-hybridized carbons (Fsp3) is 0.478. The smallest absolute Gasteiger partial charge is 0.407 e. The Morgan fingerprint density at radius 1 is 0.952 bits per heavy atom.